The lowest BCUT2D eigenvalue weighted by atomic mass is 9.85. The summed E-state index contributed by atoms with van der Waals surface area (Å²) < 4.78 is 2.17. The van der Waals surface area contributed by atoms with Crippen molar-refractivity contribution in [3.63, 3.8) is 0 Å². The Kier molecular flexibility index (Phi) is 5.72. The first kappa shape index (κ1) is 24.3. The third kappa shape index (κ3) is 3.92. The maximum absolute atomic E-state index is 4.92. The van der Waals surface area contributed by atoms with Gasteiger partial charge in [0.05, 0.1) is 11.0 Å². The minimum atomic E-state index is 0.978. The summed E-state index contributed by atoms with van der Waals surface area (Å²) in [5.41, 5.74) is 10.7. The molecule has 2 heteroatoms. The van der Waals surface area contributed by atoms with Gasteiger partial charge >= 0.3 is 0 Å². The number of rotatable bonds is 4. The zero-order valence-electron chi connectivity index (χ0n) is 23.3. The van der Waals surface area contributed by atoms with Crippen LogP contribution in [0.2, 0.25) is 0 Å². The van der Waals surface area contributed by atoms with Gasteiger partial charge in [-0.15, -0.1) is 0 Å². The van der Waals surface area contributed by atoms with Crippen LogP contribution in [0.25, 0.3) is 77.3 Å². The number of aryl methyl sites for hydroxylation is 1. The van der Waals surface area contributed by atoms with E-state index >= 15 is 0 Å². The summed E-state index contributed by atoms with van der Waals surface area (Å²) in [7, 11) is 2.09. The van der Waals surface area contributed by atoms with Crippen molar-refractivity contribution in [1.29, 1.82) is 0 Å². The Morgan fingerprint density at radius 2 is 0.786 bits per heavy atom. The number of aromatic nitrogens is 2. The third-order valence-electron chi connectivity index (χ3n) is 8.43. The Hall–Kier alpha value is -5.47. The molecule has 0 radical (unpaired) electrons. The molecule has 0 aliphatic carbocycles. The van der Waals surface area contributed by atoms with E-state index in [1.54, 1.807) is 0 Å². The summed E-state index contributed by atoms with van der Waals surface area (Å²) in [6.07, 6.45) is 0. The molecule has 0 fully saturated rings. The van der Waals surface area contributed by atoms with Crippen LogP contribution in [0, 0.1) is 0 Å². The molecule has 0 saturated heterocycles. The van der Waals surface area contributed by atoms with Crippen molar-refractivity contribution in [2.75, 3.05) is 0 Å². The monoisotopic (exact) mass is 536 g/mol. The summed E-state index contributed by atoms with van der Waals surface area (Å²) in [6.45, 7) is 0. The smallest absolute Gasteiger partial charge is 0.140 e. The van der Waals surface area contributed by atoms with Crippen molar-refractivity contribution in [3.8, 4) is 44.8 Å². The van der Waals surface area contributed by atoms with Crippen LogP contribution >= 0.6 is 0 Å². The molecule has 0 N–H and O–H groups in total. The first-order valence-corrected chi connectivity index (χ1v) is 14.4. The lowest BCUT2D eigenvalue weighted by Crippen LogP contribution is -1.93. The van der Waals surface area contributed by atoms with Gasteiger partial charge in [-0.25, -0.2) is 4.98 Å². The largest absolute Gasteiger partial charge is 0.327 e. The highest BCUT2D eigenvalue weighted by Gasteiger charge is 2.17. The van der Waals surface area contributed by atoms with Gasteiger partial charge in [0.1, 0.15) is 5.82 Å². The molecule has 8 rings (SSSR count). The molecule has 0 saturated carbocycles. The normalized spacial score (nSPS) is 11.5. The molecule has 0 atom stereocenters. The van der Waals surface area contributed by atoms with Crippen LogP contribution in [-0.2, 0) is 7.05 Å². The number of hydrogen-bond donors (Lipinski definition) is 0. The fourth-order valence-electron chi connectivity index (χ4n) is 6.40. The van der Waals surface area contributed by atoms with Crippen LogP contribution in [0.15, 0.2) is 152 Å². The van der Waals surface area contributed by atoms with Crippen LogP contribution in [0.3, 0.4) is 0 Å². The SMILES string of the molecule is Cn1c(-c2ccc(-c3c4ccccc4c(-c4ccc(-c5ccccc5)cc4)c4ccccc34)cc2)nc2ccccc21. The first-order chi connectivity index (χ1) is 20.8. The van der Waals surface area contributed by atoms with Crippen molar-refractivity contribution >= 4 is 32.6 Å². The Bertz CT molecular complexity index is 2170. The predicted octanol–water partition coefficient (Wildman–Crippen LogP) is 10.5. The van der Waals surface area contributed by atoms with Crippen LogP contribution in [-0.4, -0.2) is 9.55 Å². The zero-order valence-corrected chi connectivity index (χ0v) is 23.3. The molecule has 198 valence electrons. The maximum atomic E-state index is 4.92. The Balaban J connectivity index is 1.29. The molecular weight excluding hydrogens is 508 g/mol. The average molecular weight is 537 g/mol. The number of fused-ring (bicyclic) bond motifs is 3. The molecule has 0 aliphatic heterocycles. The van der Waals surface area contributed by atoms with Gasteiger partial charge < -0.3 is 4.57 Å². The highest BCUT2D eigenvalue weighted by molar-refractivity contribution is 6.21. The second kappa shape index (κ2) is 9.87. The number of hydrogen-bond acceptors (Lipinski definition) is 1. The Labute approximate surface area is 245 Å². The van der Waals surface area contributed by atoms with Crippen LogP contribution in [0.1, 0.15) is 0 Å². The van der Waals surface area contributed by atoms with Crippen molar-refractivity contribution < 1.29 is 0 Å². The van der Waals surface area contributed by atoms with Gasteiger partial charge in [-0.1, -0.05) is 140 Å². The van der Waals surface area contributed by atoms with E-state index in [0.717, 1.165) is 22.4 Å². The molecular formula is C40H28N2. The van der Waals surface area contributed by atoms with Gasteiger partial charge in [0, 0.05) is 12.6 Å². The summed E-state index contributed by atoms with van der Waals surface area (Å²) in [4.78, 5) is 4.92. The van der Waals surface area contributed by atoms with Crippen LogP contribution in [0.5, 0.6) is 0 Å². The van der Waals surface area contributed by atoms with Gasteiger partial charge in [0.15, 0.2) is 0 Å². The lowest BCUT2D eigenvalue weighted by molar-refractivity contribution is 0.959. The summed E-state index contributed by atoms with van der Waals surface area (Å²) >= 11 is 0. The van der Waals surface area contributed by atoms with E-state index in [-0.39, 0.29) is 0 Å². The van der Waals surface area contributed by atoms with E-state index in [9.17, 15) is 0 Å². The van der Waals surface area contributed by atoms with Gasteiger partial charge in [0.2, 0.25) is 0 Å². The third-order valence-corrected chi connectivity index (χ3v) is 8.43. The predicted molar refractivity (Wildman–Crippen MR) is 177 cm³/mol. The molecule has 7 aromatic carbocycles. The second-order valence-corrected chi connectivity index (χ2v) is 10.8. The summed E-state index contributed by atoms with van der Waals surface area (Å²) in [5, 5.41) is 5.04. The molecule has 1 aromatic heterocycles. The standard InChI is InChI=1S/C40H28N2/c1-42-37-18-10-9-17-36(37)41-40(42)31-25-23-30(24-26-31)39-34-15-7-5-13-32(34)38(33-14-6-8-16-35(33)39)29-21-19-28(20-22-29)27-11-3-2-4-12-27/h2-26H,1H3. The molecule has 0 spiro atoms. The van der Waals surface area contributed by atoms with Gasteiger partial charge in [-0.05, 0) is 67.1 Å². The molecule has 1 heterocycles. The first-order valence-electron chi connectivity index (χ1n) is 14.4. The summed E-state index contributed by atoms with van der Waals surface area (Å²) in [5.74, 6) is 0.978. The number of nitrogens with zero attached hydrogens (tertiary/aromatic N) is 2. The minimum absolute atomic E-state index is 0.978. The number of benzene rings is 7. The van der Waals surface area contributed by atoms with E-state index < -0.39 is 0 Å². The molecule has 0 amide bonds. The highest BCUT2D eigenvalue weighted by atomic mass is 15.1. The molecule has 0 unspecified atom stereocenters. The quantitative estimate of drug-likeness (QED) is 0.205. The van der Waals surface area contributed by atoms with Crippen molar-refractivity contribution in [2.24, 2.45) is 7.05 Å². The van der Waals surface area contributed by atoms with Gasteiger partial charge in [-0.2, -0.15) is 0 Å². The summed E-state index contributed by atoms with van der Waals surface area (Å²) in [6, 6.07) is 54.4. The van der Waals surface area contributed by atoms with E-state index in [1.165, 1.54) is 54.9 Å². The molecule has 0 bridgehead atoms. The van der Waals surface area contributed by atoms with Gasteiger partial charge in [0.25, 0.3) is 0 Å². The van der Waals surface area contributed by atoms with E-state index in [1.807, 2.05) is 6.07 Å². The Morgan fingerprint density at radius 3 is 1.31 bits per heavy atom. The van der Waals surface area contributed by atoms with Crippen molar-refractivity contribution in [1.82, 2.24) is 9.55 Å². The van der Waals surface area contributed by atoms with E-state index in [2.05, 4.69) is 157 Å². The fourth-order valence-corrected chi connectivity index (χ4v) is 6.40. The molecule has 0 aliphatic rings. The minimum Gasteiger partial charge on any atom is -0.327 e. The van der Waals surface area contributed by atoms with E-state index in [4.69, 9.17) is 4.98 Å². The highest BCUT2D eigenvalue weighted by Crippen LogP contribution is 2.44. The average Bonchev–Trinajstić information content (AvgIpc) is 3.40. The second-order valence-electron chi connectivity index (χ2n) is 10.8. The molecule has 42 heavy (non-hydrogen) atoms. The number of imidazole rings is 1. The molecule has 2 nitrogen and oxygen atoms in total. The lowest BCUT2D eigenvalue weighted by Gasteiger charge is -2.18. The number of para-hydroxylation sites is 2. The molecule has 8 aromatic rings. The maximum Gasteiger partial charge on any atom is 0.140 e. The topological polar surface area (TPSA) is 17.8 Å². The van der Waals surface area contributed by atoms with Crippen molar-refractivity contribution in [2.45, 2.75) is 0 Å². The van der Waals surface area contributed by atoms with Gasteiger partial charge in [-0.3, -0.25) is 0 Å². The Morgan fingerprint density at radius 1 is 0.381 bits per heavy atom. The van der Waals surface area contributed by atoms with Crippen LogP contribution in [0.4, 0.5) is 0 Å². The zero-order chi connectivity index (χ0) is 28.0. The fraction of sp³-hybridized carbons (Fsp3) is 0.0250. The van der Waals surface area contributed by atoms with E-state index in [0.29, 0.717) is 0 Å². The van der Waals surface area contributed by atoms with Crippen LogP contribution < -0.4 is 0 Å². The van der Waals surface area contributed by atoms with Crippen molar-refractivity contribution in [3.05, 3.63) is 152 Å².